The zero-order valence-corrected chi connectivity index (χ0v) is 29.9. The minimum Gasteiger partial charge on any atom is -0.461 e. The number of cyclic esters (lactones) is 1. The van der Waals surface area contributed by atoms with Gasteiger partial charge in [-0.15, -0.1) is 0 Å². The number of benzene rings is 1. The first kappa shape index (κ1) is 38.8. The number of hydrogen-bond donors (Lipinski definition) is 4. The number of allylic oxidation sites excluding steroid dienone is 1. The van der Waals surface area contributed by atoms with Crippen molar-refractivity contribution in [1.82, 2.24) is 30.7 Å². The number of nitrogens with one attached hydrogen (secondary N) is 3. The fraction of sp³-hybridized carbons (Fsp3) is 0.583. The molecule has 15 heteroatoms. The Kier molecular flexibility index (Phi) is 13.6. The first-order valence-electron chi connectivity index (χ1n) is 17.8. The van der Waals surface area contributed by atoms with Crippen LogP contribution in [0.15, 0.2) is 36.4 Å². The zero-order chi connectivity index (χ0) is 37.2. The first-order chi connectivity index (χ1) is 24.3. The predicted molar refractivity (Wildman–Crippen MR) is 187 cm³/mol. The summed E-state index contributed by atoms with van der Waals surface area (Å²) in [7, 11) is 1.46. The second kappa shape index (κ2) is 17.8. The van der Waals surface area contributed by atoms with Gasteiger partial charge in [0.15, 0.2) is 0 Å². The normalized spacial score (nSPS) is 25.7. The number of ether oxygens (including phenoxy) is 1. The Morgan fingerprint density at radius 1 is 1.02 bits per heavy atom. The summed E-state index contributed by atoms with van der Waals surface area (Å²) in [6.45, 7) is 4.96. The van der Waals surface area contributed by atoms with E-state index in [9.17, 15) is 33.6 Å². The van der Waals surface area contributed by atoms with Crippen molar-refractivity contribution in [3.63, 3.8) is 0 Å². The van der Waals surface area contributed by atoms with Gasteiger partial charge in [0, 0.05) is 32.2 Å². The van der Waals surface area contributed by atoms with E-state index in [1.165, 1.54) is 41.7 Å². The predicted octanol–water partition coefficient (Wildman–Crippen LogP) is 0.418. The number of unbranched alkanes of at least 4 members (excludes halogenated alkanes) is 2. The first-order valence-corrected chi connectivity index (χ1v) is 17.8. The lowest BCUT2D eigenvalue weighted by molar-refractivity contribution is -0.158. The third-order valence-electron chi connectivity index (χ3n) is 9.69. The van der Waals surface area contributed by atoms with Gasteiger partial charge < -0.3 is 41.1 Å². The monoisotopic (exact) mass is 709 g/mol. The van der Waals surface area contributed by atoms with Crippen LogP contribution in [-0.4, -0.2) is 119 Å². The van der Waals surface area contributed by atoms with Crippen LogP contribution < -0.4 is 21.7 Å². The van der Waals surface area contributed by atoms with E-state index < -0.39 is 84.3 Å². The van der Waals surface area contributed by atoms with Gasteiger partial charge in [0.2, 0.25) is 35.4 Å². The Hall–Kier alpha value is -4.95. The lowest BCUT2D eigenvalue weighted by atomic mass is 10.0. The average Bonchev–Trinajstić information content (AvgIpc) is 3.80. The van der Waals surface area contributed by atoms with Gasteiger partial charge in [-0.3, -0.25) is 28.8 Å². The van der Waals surface area contributed by atoms with E-state index in [1.807, 2.05) is 6.92 Å². The smallest absolute Gasteiger partial charge is 0.328 e. The molecule has 1 aromatic carbocycles. The van der Waals surface area contributed by atoms with E-state index in [4.69, 9.17) is 10.5 Å². The summed E-state index contributed by atoms with van der Waals surface area (Å²) < 4.78 is 5.64. The number of anilines is 1. The number of amides is 6. The molecule has 0 spiro atoms. The minimum absolute atomic E-state index is 0.0407. The highest BCUT2D eigenvalue weighted by Gasteiger charge is 2.43. The molecule has 278 valence electrons. The van der Waals surface area contributed by atoms with Gasteiger partial charge in [-0.25, -0.2) is 4.79 Å². The third kappa shape index (κ3) is 9.85. The molecule has 0 aliphatic carbocycles. The van der Waals surface area contributed by atoms with E-state index in [0.717, 1.165) is 12.8 Å². The number of esters is 1. The van der Waals surface area contributed by atoms with Crippen molar-refractivity contribution in [2.24, 2.45) is 0 Å². The molecule has 15 nitrogen and oxygen atoms in total. The average molecular weight is 710 g/mol. The largest absolute Gasteiger partial charge is 0.461 e. The van der Waals surface area contributed by atoms with Gasteiger partial charge in [0.25, 0.3) is 0 Å². The minimum atomic E-state index is -1.43. The molecule has 1 aromatic rings. The molecule has 51 heavy (non-hydrogen) atoms. The molecule has 3 saturated heterocycles. The fourth-order valence-corrected chi connectivity index (χ4v) is 6.62. The van der Waals surface area contributed by atoms with Crippen LogP contribution >= 0.6 is 0 Å². The summed E-state index contributed by atoms with van der Waals surface area (Å²) in [4.78, 5) is 98.7. The number of fused-ring (bicyclic) bond motifs is 2. The van der Waals surface area contributed by atoms with Crippen molar-refractivity contribution in [2.45, 2.75) is 108 Å². The Morgan fingerprint density at radius 2 is 1.71 bits per heavy atom. The molecular formula is C36H51N7O8. The van der Waals surface area contributed by atoms with Crippen molar-refractivity contribution >= 4 is 47.1 Å². The van der Waals surface area contributed by atoms with Crippen molar-refractivity contribution in [1.29, 1.82) is 0 Å². The van der Waals surface area contributed by atoms with Crippen LogP contribution in [0, 0.1) is 0 Å². The number of hydrogen-bond acceptors (Lipinski definition) is 9. The number of nitrogen functional groups attached to an aromatic ring is 1. The van der Waals surface area contributed by atoms with Crippen molar-refractivity contribution in [3.8, 4) is 0 Å². The number of rotatable bonds is 9. The summed E-state index contributed by atoms with van der Waals surface area (Å²) in [5.74, 6) is -4.18. The maximum absolute atomic E-state index is 14.2. The van der Waals surface area contributed by atoms with Gasteiger partial charge in [-0.2, -0.15) is 0 Å². The van der Waals surface area contributed by atoms with Crippen LogP contribution in [0.3, 0.4) is 0 Å². The molecule has 3 fully saturated rings. The molecular weight excluding hydrogens is 658 g/mol. The maximum atomic E-state index is 14.2. The summed E-state index contributed by atoms with van der Waals surface area (Å²) in [5.41, 5.74) is 7.10. The van der Waals surface area contributed by atoms with E-state index in [2.05, 4.69) is 16.0 Å². The fourth-order valence-electron chi connectivity index (χ4n) is 6.62. The van der Waals surface area contributed by atoms with Crippen LogP contribution in [0.4, 0.5) is 5.69 Å². The second-order valence-electron chi connectivity index (χ2n) is 13.5. The van der Waals surface area contributed by atoms with E-state index in [1.54, 1.807) is 30.3 Å². The molecule has 0 aromatic heterocycles. The van der Waals surface area contributed by atoms with Gasteiger partial charge in [0.1, 0.15) is 42.9 Å². The van der Waals surface area contributed by atoms with Crippen LogP contribution in [-0.2, 0) is 44.7 Å². The summed E-state index contributed by atoms with van der Waals surface area (Å²) in [6.07, 6.45) is 7.30. The highest BCUT2D eigenvalue weighted by Crippen LogP contribution is 2.23. The number of carbonyl (C=O) groups excluding carboxylic acids is 7. The van der Waals surface area contributed by atoms with Crippen LogP contribution in [0.25, 0.3) is 0 Å². The maximum Gasteiger partial charge on any atom is 0.328 e. The van der Waals surface area contributed by atoms with Gasteiger partial charge in [0.05, 0.1) is 0 Å². The summed E-state index contributed by atoms with van der Waals surface area (Å²) in [6, 6.07) is 0.425. The molecule has 0 bridgehead atoms. The Morgan fingerprint density at radius 3 is 2.39 bits per heavy atom. The number of nitrogens with two attached hydrogens (primary N) is 1. The van der Waals surface area contributed by atoms with E-state index in [0.29, 0.717) is 43.4 Å². The Labute approximate surface area is 298 Å². The second-order valence-corrected chi connectivity index (χ2v) is 13.5. The molecule has 3 heterocycles. The van der Waals surface area contributed by atoms with Gasteiger partial charge in [-0.05, 0) is 69.7 Å². The van der Waals surface area contributed by atoms with E-state index in [-0.39, 0.29) is 19.5 Å². The Bertz CT molecular complexity index is 1520. The standard InChI is InChI=1S/C36H51N7O8/c1-5-6-7-8-16-30(44)39-26(20-24-12-9-13-25(37)19-24)32(46)40-27-21-51-36(50)29-15-11-18-43(29)33(47)22(2)38-31(45)23(3)41(4)35(49)28-14-10-17-42(28)34(27)48/h8-9,12-13,16,19,22-23,26-29H,5-7,10-11,14-15,17-18,20-21,37H2,1-4H3,(H,38,45)(H,39,44)(H,40,46)/t22-,23-,26-,27-,28-,29-/m0/s1. The summed E-state index contributed by atoms with van der Waals surface area (Å²) >= 11 is 0. The molecule has 6 amide bonds. The number of nitrogens with zero attached hydrogens (tertiary/aromatic N) is 3. The lowest BCUT2D eigenvalue weighted by Crippen LogP contribution is -2.60. The van der Waals surface area contributed by atoms with Gasteiger partial charge in [-0.1, -0.05) is 38.0 Å². The van der Waals surface area contributed by atoms with Gasteiger partial charge >= 0.3 is 5.97 Å². The SMILES string of the molecule is CCCCC=CC(=O)N[C@@H](Cc1cccc(N)c1)C(=O)N[C@H]1COC(=O)[C@@H]2CCCN2C(=O)[C@H](C)NC(=O)[C@H](C)N(C)C(=O)[C@@H]2CCCN2C1=O. The molecule has 6 atom stereocenters. The lowest BCUT2D eigenvalue weighted by Gasteiger charge is -2.34. The van der Waals surface area contributed by atoms with Crippen LogP contribution in [0.2, 0.25) is 0 Å². The molecule has 3 aliphatic heterocycles. The topological polar surface area (TPSA) is 201 Å². The number of carbonyl (C=O) groups is 7. The molecule has 0 unspecified atom stereocenters. The zero-order valence-electron chi connectivity index (χ0n) is 29.9. The van der Waals surface area contributed by atoms with Crippen molar-refractivity contribution < 1.29 is 38.3 Å². The molecule has 0 saturated carbocycles. The molecule has 5 N–H and O–H groups in total. The molecule has 4 rings (SSSR count). The van der Waals surface area contributed by atoms with Crippen LogP contribution in [0.5, 0.6) is 0 Å². The van der Waals surface area contributed by atoms with Crippen molar-refractivity contribution in [3.05, 3.63) is 42.0 Å². The summed E-state index contributed by atoms with van der Waals surface area (Å²) in [5, 5.41) is 8.07. The number of likely N-dealkylation sites (N-methyl/N-ethyl adjacent to an activating group) is 1. The molecule has 0 radical (unpaired) electrons. The quantitative estimate of drug-likeness (QED) is 0.121. The Balaban J connectivity index is 1.65. The highest BCUT2D eigenvalue weighted by molar-refractivity contribution is 5.98. The molecule has 3 aliphatic rings. The third-order valence-corrected chi connectivity index (χ3v) is 9.69. The van der Waals surface area contributed by atoms with E-state index >= 15 is 0 Å². The van der Waals surface area contributed by atoms with Crippen molar-refractivity contribution in [2.75, 3.05) is 32.5 Å². The van der Waals surface area contributed by atoms with Crippen LogP contribution in [0.1, 0.15) is 71.3 Å². The highest BCUT2D eigenvalue weighted by atomic mass is 16.5.